The highest BCUT2D eigenvalue weighted by Gasteiger charge is 2.39. The SMILES string of the molecule is CC(C)(C)OC(=O)N1CC[C@H](NC(=O)c2ccc(-n3cccn3)c(F)c2)C(C)(C)C1. The Morgan fingerprint density at radius 2 is 2.03 bits per heavy atom. The zero-order valence-corrected chi connectivity index (χ0v) is 18.1. The van der Waals surface area contributed by atoms with E-state index in [2.05, 4.69) is 10.4 Å². The Kier molecular flexibility index (Phi) is 5.87. The maximum absolute atomic E-state index is 14.5. The van der Waals surface area contributed by atoms with Crippen molar-refractivity contribution in [3.63, 3.8) is 0 Å². The number of hydrogen-bond donors (Lipinski definition) is 1. The zero-order chi connectivity index (χ0) is 22.1. The van der Waals surface area contributed by atoms with Crippen molar-refractivity contribution in [3.8, 4) is 5.69 Å². The molecule has 1 atom stereocenters. The molecule has 0 aliphatic carbocycles. The van der Waals surface area contributed by atoms with E-state index in [-0.39, 0.29) is 34.7 Å². The van der Waals surface area contributed by atoms with Crippen molar-refractivity contribution in [2.24, 2.45) is 5.41 Å². The first-order valence-electron chi connectivity index (χ1n) is 10.0. The lowest BCUT2D eigenvalue weighted by Gasteiger charge is -2.44. The summed E-state index contributed by atoms with van der Waals surface area (Å²) in [6, 6.07) is 5.88. The quantitative estimate of drug-likeness (QED) is 0.826. The normalized spacial score (nSPS) is 18.7. The Bertz CT molecular complexity index is 919. The molecule has 1 saturated heterocycles. The van der Waals surface area contributed by atoms with Gasteiger partial charge in [0.05, 0.1) is 0 Å². The molecule has 1 aliphatic heterocycles. The van der Waals surface area contributed by atoms with E-state index in [0.717, 1.165) is 0 Å². The molecule has 1 N–H and O–H groups in total. The van der Waals surface area contributed by atoms with Crippen LogP contribution in [0.1, 0.15) is 51.4 Å². The molecule has 0 saturated carbocycles. The third-order valence-corrected chi connectivity index (χ3v) is 5.15. The van der Waals surface area contributed by atoms with E-state index >= 15 is 0 Å². The molecule has 7 nitrogen and oxygen atoms in total. The van der Waals surface area contributed by atoms with Crippen LogP contribution in [0, 0.1) is 11.2 Å². The van der Waals surface area contributed by atoms with Crippen molar-refractivity contribution >= 4 is 12.0 Å². The van der Waals surface area contributed by atoms with Gasteiger partial charge < -0.3 is 15.0 Å². The van der Waals surface area contributed by atoms with Gasteiger partial charge in [0.25, 0.3) is 5.91 Å². The summed E-state index contributed by atoms with van der Waals surface area (Å²) < 4.78 is 21.4. The molecule has 0 unspecified atom stereocenters. The summed E-state index contributed by atoms with van der Waals surface area (Å²) in [6.07, 6.45) is 3.44. The van der Waals surface area contributed by atoms with Crippen LogP contribution in [-0.2, 0) is 4.74 Å². The van der Waals surface area contributed by atoms with Crippen LogP contribution < -0.4 is 5.32 Å². The minimum absolute atomic E-state index is 0.155. The second-order valence-electron chi connectivity index (χ2n) is 9.32. The van der Waals surface area contributed by atoms with Gasteiger partial charge in [-0.3, -0.25) is 4.79 Å². The van der Waals surface area contributed by atoms with Crippen molar-refractivity contribution < 1.29 is 18.7 Å². The molecular formula is C22H29FN4O3. The number of halogens is 1. The van der Waals surface area contributed by atoms with Gasteiger partial charge in [-0.2, -0.15) is 5.10 Å². The first-order chi connectivity index (χ1) is 14.0. The molecule has 162 valence electrons. The Hall–Kier alpha value is -2.90. The highest BCUT2D eigenvalue weighted by molar-refractivity contribution is 5.94. The van der Waals surface area contributed by atoms with Crippen molar-refractivity contribution in [2.45, 2.75) is 52.7 Å². The van der Waals surface area contributed by atoms with Gasteiger partial charge in [-0.25, -0.2) is 13.9 Å². The first-order valence-corrected chi connectivity index (χ1v) is 10.0. The fourth-order valence-corrected chi connectivity index (χ4v) is 3.59. The van der Waals surface area contributed by atoms with E-state index in [1.165, 1.54) is 16.8 Å². The molecule has 8 heteroatoms. The molecule has 1 fully saturated rings. The number of carbonyl (C=O) groups excluding carboxylic acids is 2. The molecule has 1 aromatic heterocycles. The molecule has 2 amide bonds. The number of nitrogens with one attached hydrogen (secondary N) is 1. The van der Waals surface area contributed by atoms with Crippen LogP contribution in [0.4, 0.5) is 9.18 Å². The Balaban J connectivity index is 1.66. The Morgan fingerprint density at radius 1 is 1.30 bits per heavy atom. The van der Waals surface area contributed by atoms with E-state index in [9.17, 15) is 14.0 Å². The van der Waals surface area contributed by atoms with Gasteiger partial charge in [0.1, 0.15) is 17.1 Å². The maximum Gasteiger partial charge on any atom is 0.410 e. The highest BCUT2D eigenvalue weighted by atomic mass is 19.1. The molecule has 0 bridgehead atoms. The molecule has 0 spiro atoms. The van der Waals surface area contributed by atoms with E-state index < -0.39 is 11.4 Å². The summed E-state index contributed by atoms with van der Waals surface area (Å²) in [5.41, 5.74) is -0.395. The topological polar surface area (TPSA) is 76.5 Å². The van der Waals surface area contributed by atoms with Crippen LogP contribution in [0.5, 0.6) is 0 Å². The lowest BCUT2D eigenvalue weighted by Crippen LogP contribution is -2.57. The lowest BCUT2D eigenvalue weighted by molar-refractivity contribution is 0.00270. The maximum atomic E-state index is 14.5. The van der Waals surface area contributed by atoms with E-state index in [0.29, 0.717) is 19.5 Å². The van der Waals surface area contributed by atoms with Gasteiger partial charge in [-0.15, -0.1) is 0 Å². The fourth-order valence-electron chi connectivity index (χ4n) is 3.59. The van der Waals surface area contributed by atoms with Crippen molar-refractivity contribution in [2.75, 3.05) is 13.1 Å². The summed E-state index contributed by atoms with van der Waals surface area (Å²) in [7, 11) is 0. The van der Waals surface area contributed by atoms with E-state index in [1.54, 1.807) is 29.4 Å². The van der Waals surface area contributed by atoms with Crippen LogP contribution in [0.2, 0.25) is 0 Å². The number of carbonyl (C=O) groups is 2. The first kappa shape index (κ1) is 21.8. The third kappa shape index (κ3) is 4.98. The second-order valence-corrected chi connectivity index (χ2v) is 9.32. The van der Waals surface area contributed by atoms with E-state index in [4.69, 9.17) is 4.74 Å². The second kappa shape index (κ2) is 8.08. The largest absolute Gasteiger partial charge is 0.444 e. The van der Waals surface area contributed by atoms with Crippen molar-refractivity contribution in [1.82, 2.24) is 20.0 Å². The van der Waals surface area contributed by atoms with Gasteiger partial charge >= 0.3 is 6.09 Å². The highest BCUT2D eigenvalue weighted by Crippen LogP contribution is 2.30. The molecule has 1 aliphatic rings. The molecule has 30 heavy (non-hydrogen) atoms. The van der Waals surface area contributed by atoms with Gasteiger partial charge in [-0.05, 0) is 51.5 Å². The molecule has 2 aromatic rings. The average Bonchev–Trinajstić information content (AvgIpc) is 3.15. The smallest absolute Gasteiger partial charge is 0.410 e. The summed E-state index contributed by atoms with van der Waals surface area (Å²) in [5.74, 6) is -0.866. The van der Waals surface area contributed by atoms with Gasteiger partial charge in [0.2, 0.25) is 0 Å². The zero-order valence-electron chi connectivity index (χ0n) is 18.1. The molecule has 3 rings (SSSR count). The number of benzene rings is 1. The molecule has 1 aromatic carbocycles. The predicted molar refractivity (Wildman–Crippen MR) is 111 cm³/mol. The minimum atomic E-state index is -0.557. The summed E-state index contributed by atoms with van der Waals surface area (Å²) in [5, 5.41) is 7.02. The third-order valence-electron chi connectivity index (χ3n) is 5.15. The van der Waals surface area contributed by atoms with Gasteiger partial charge in [-0.1, -0.05) is 13.8 Å². The number of likely N-dealkylation sites (tertiary alicyclic amines) is 1. The Morgan fingerprint density at radius 3 is 2.60 bits per heavy atom. The summed E-state index contributed by atoms with van der Waals surface area (Å²) in [6.45, 7) is 10.4. The van der Waals surface area contributed by atoms with Crippen LogP contribution in [0.3, 0.4) is 0 Å². The number of nitrogens with zero attached hydrogens (tertiary/aromatic N) is 3. The lowest BCUT2D eigenvalue weighted by atomic mass is 9.79. The molecular weight excluding hydrogens is 387 g/mol. The standard InChI is InChI=1S/C22H29FN4O3/c1-21(2,3)30-20(29)26-12-9-18(22(4,5)14-26)25-19(28)15-7-8-17(16(23)13-15)27-11-6-10-24-27/h6-8,10-11,13,18H,9,12,14H2,1-5H3,(H,25,28)/t18-/m0/s1. The number of hydrogen-bond acceptors (Lipinski definition) is 4. The predicted octanol–water partition coefficient (Wildman–Crippen LogP) is 3.78. The number of aromatic nitrogens is 2. The number of ether oxygens (including phenoxy) is 1. The van der Waals surface area contributed by atoms with Crippen LogP contribution >= 0.6 is 0 Å². The van der Waals surface area contributed by atoms with Crippen LogP contribution in [0.25, 0.3) is 5.69 Å². The molecule has 2 heterocycles. The Labute approximate surface area is 176 Å². The number of amides is 2. The average molecular weight is 416 g/mol. The molecule has 0 radical (unpaired) electrons. The fraction of sp³-hybridized carbons (Fsp3) is 0.500. The van der Waals surface area contributed by atoms with Crippen molar-refractivity contribution in [3.05, 3.63) is 48.0 Å². The van der Waals surface area contributed by atoms with E-state index in [1.807, 2.05) is 34.6 Å². The van der Waals surface area contributed by atoms with Crippen molar-refractivity contribution in [1.29, 1.82) is 0 Å². The van der Waals surface area contributed by atoms with Crippen LogP contribution in [-0.4, -0.2) is 51.4 Å². The monoisotopic (exact) mass is 416 g/mol. The van der Waals surface area contributed by atoms with Gasteiger partial charge in [0.15, 0.2) is 0 Å². The number of rotatable bonds is 3. The summed E-state index contributed by atoms with van der Waals surface area (Å²) >= 11 is 0. The van der Waals surface area contributed by atoms with Gasteiger partial charge in [0, 0.05) is 42.5 Å². The summed E-state index contributed by atoms with van der Waals surface area (Å²) in [4.78, 5) is 26.8. The minimum Gasteiger partial charge on any atom is -0.444 e. The number of piperidine rings is 1. The van der Waals surface area contributed by atoms with Crippen LogP contribution in [0.15, 0.2) is 36.7 Å².